The van der Waals surface area contributed by atoms with Crippen LogP contribution in [0.25, 0.3) is 22.0 Å². The van der Waals surface area contributed by atoms with Gasteiger partial charge in [-0.15, -0.1) is 0 Å². The Kier molecular flexibility index (Phi) is 5.97. The van der Waals surface area contributed by atoms with Crippen molar-refractivity contribution in [2.75, 3.05) is 6.61 Å². The van der Waals surface area contributed by atoms with Gasteiger partial charge in [0.25, 0.3) is 5.56 Å². The zero-order chi connectivity index (χ0) is 20.9. The van der Waals surface area contributed by atoms with Crippen LogP contribution in [-0.4, -0.2) is 27.6 Å². The average Bonchev–Trinajstić information content (AvgIpc) is 2.77. The van der Waals surface area contributed by atoms with E-state index in [-0.39, 0.29) is 24.5 Å². The summed E-state index contributed by atoms with van der Waals surface area (Å²) < 4.78 is 20.2. The monoisotopic (exact) mass is 404 g/mol. The summed E-state index contributed by atoms with van der Waals surface area (Å²) in [5.41, 5.74) is 1.96. The number of aliphatic hydroxyl groups excluding tert-OH is 1. The number of benzene rings is 3. The van der Waals surface area contributed by atoms with E-state index in [9.17, 15) is 14.3 Å². The molecule has 0 radical (unpaired) electrons. The number of aliphatic hydroxyl groups is 1. The minimum atomic E-state index is -0.902. The third kappa shape index (κ3) is 4.45. The normalized spacial score (nSPS) is 12.2. The number of hydrogen-bond donors (Lipinski definition) is 1. The van der Waals surface area contributed by atoms with Gasteiger partial charge in [-0.3, -0.25) is 4.79 Å². The Balaban J connectivity index is 1.58. The molecule has 6 heteroatoms. The van der Waals surface area contributed by atoms with Crippen molar-refractivity contribution in [3.8, 4) is 11.3 Å². The van der Waals surface area contributed by atoms with Gasteiger partial charge in [0.1, 0.15) is 5.82 Å². The molecule has 0 aliphatic heterocycles. The van der Waals surface area contributed by atoms with Crippen molar-refractivity contribution in [2.45, 2.75) is 19.3 Å². The Morgan fingerprint density at radius 3 is 2.33 bits per heavy atom. The largest absolute Gasteiger partial charge is 0.389 e. The summed E-state index contributed by atoms with van der Waals surface area (Å²) >= 11 is 0. The van der Waals surface area contributed by atoms with Crippen LogP contribution in [0.1, 0.15) is 5.56 Å². The molecule has 4 rings (SSSR count). The van der Waals surface area contributed by atoms with Gasteiger partial charge >= 0.3 is 0 Å². The molecule has 0 amide bonds. The fourth-order valence-corrected chi connectivity index (χ4v) is 3.32. The highest BCUT2D eigenvalue weighted by molar-refractivity contribution is 5.93. The quantitative estimate of drug-likeness (QED) is 0.509. The highest BCUT2D eigenvalue weighted by Gasteiger charge is 2.15. The first-order chi connectivity index (χ1) is 14.6. The molecule has 4 aromatic rings. The molecule has 0 aliphatic carbocycles. The number of rotatable bonds is 7. The molecule has 152 valence electrons. The van der Waals surface area contributed by atoms with Crippen LogP contribution >= 0.6 is 0 Å². The lowest BCUT2D eigenvalue weighted by Crippen LogP contribution is -2.31. The SMILES string of the molecule is O=c1c2ccccc2c(-c2ccc(F)cc2)nn1CC(O)COCc1ccccc1. The van der Waals surface area contributed by atoms with E-state index in [1.807, 2.05) is 42.5 Å². The van der Waals surface area contributed by atoms with Crippen molar-refractivity contribution in [1.29, 1.82) is 0 Å². The number of nitrogens with zero attached hydrogens (tertiary/aromatic N) is 2. The lowest BCUT2D eigenvalue weighted by Gasteiger charge is -2.15. The molecule has 1 unspecified atom stereocenters. The van der Waals surface area contributed by atoms with Crippen LogP contribution in [-0.2, 0) is 17.9 Å². The van der Waals surface area contributed by atoms with E-state index in [0.29, 0.717) is 28.6 Å². The number of hydrogen-bond acceptors (Lipinski definition) is 4. The second-order valence-corrected chi connectivity index (χ2v) is 7.04. The molecule has 1 aromatic heterocycles. The van der Waals surface area contributed by atoms with Crippen molar-refractivity contribution in [2.24, 2.45) is 0 Å². The molecule has 0 saturated heterocycles. The average molecular weight is 404 g/mol. The van der Waals surface area contributed by atoms with Gasteiger partial charge in [-0.25, -0.2) is 9.07 Å². The van der Waals surface area contributed by atoms with Crippen molar-refractivity contribution < 1.29 is 14.2 Å². The van der Waals surface area contributed by atoms with Gasteiger partial charge in [0.15, 0.2) is 0 Å². The molecule has 1 heterocycles. The van der Waals surface area contributed by atoms with Crippen molar-refractivity contribution in [1.82, 2.24) is 9.78 Å². The highest BCUT2D eigenvalue weighted by Crippen LogP contribution is 2.24. The van der Waals surface area contributed by atoms with Gasteiger partial charge in [-0.05, 0) is 35.9 Å². The van der Waals surface area contributed by atoms with Crippen molar-refractivity contribution in [3.63, 3.8) is 0 Å². The molecular formula is C24H21FN2O3. The zero-order valence-corrected chi connectivity index (χ0v) is 16.2. The number of aromatic nitrogens is 2. The van der Waals surface area contributed by atoms with E-state index in [1.165, 1.54) is 16.8 Å². The number of halogens is 1. The minimum absolute atomic E-state index is 0.00729. The zero-order valence-electron chi connectivity index (χ0n) is 16.2. The van der Waals surface area contributed by atoms with Gasteiger partial charge in [-0.2, -0.15) is 5.10 Å². The summed E-state index contributed by atoms with van der Waals surface area (Å²) in [5.74, 6) is -0.345. The van der Waals surface area contributed by atoms with Gasteiger partial charge in [0, 0.05) is 10.9 Å². The third-order valence-corrected chi connectivity index (χ3v) is 4.79. The summed E-state index contributed by atoms with van der Waals surface area (Å²) in [6, 6.07) is 22.7. The molecular weight excluding hydrogens is 383 g/mol. The van der Waals surface area contributed by atoms with Gasteiger partial charge in [-0.1, -0.05) is 48.5 Å². The third-order valence-electron chi connectivity index (χ3n) is 4.79. The molecule has 1 atom stereocenters. The van der Waals surface area contributed by atoms with Crippen molar-refractivity contribution >= 4 is 10.8 Å². The van der Waals surface area contributed by atoms with Crippen LogP contribution in [0.2, 0.25) is 0 Å². The lowest BCUT2D eigenvalue weighted by molar-refractivity contribution is 0.0181. The summed E-state index contributed by atoms with van der Waals surface area (Å²) in [4.78, 5) is 12.9. The Hall–Kier alpha value is -3.35. The van der Waals surface area contributed by atoms with Crippen molar-refractivity contribution in [3.05, 3.63) is 101 Å². The fraction of sp³-hybridized carbons (Fsp3) is 0.167. The Morgan fingerprint density at radius 1 is 0.933 bits per heavy atom. The van der Waals surface area contributed by atoms with Crippen LogP contribution < -0.4 is 5.56 Å². The predicted octanol–water partition coefficient (Wildman–Crippen LogP) is 3.78. The standard InChI is InChI=1S/C24H21FN2O3/c25-19-12-10-18(11-13-19)23-21-8-4-5-9-22(21)24(29)27(26-23)14-20(28)16-30-15-17-6-2-1-3-7-17/h1-13,20,28H,14-16H2. The number of fused-ring (bicyclic) bond motifs is 1. The Bertz CT molecular complexity index is 1190. The maximum Gasteiger partial charge on any atom is 0.274 e. The van der Waals surface area contributed by atoms with Gasteiger partial charge < -0.3 is 9.84 Å². The molecule has 5 nitrogen and oxygen atoms in total. The van der Waals surface area contributed by atoms with Crippen LogP contribution in [0.5, 0.6) is 0 Å². The van der Waals surface area contributed by atoms with E-state index < -0.39 is 6.10 Å². The molecule has 0 spiro atoms. The number of ether oxygens (including phenoxy) is 1. The van der Waals surface area contributed by atoms with E-state index in [2.05, 4.69) is 5.10 Å². The summed E-state index contributed by atoms with van der Waals surface area (Å²) in [7, 11) is 0. The Morgan fingerprint density at radius 2 is 1.60 bits per heavy atom. The second-order valence-electron chi connectivity index (χ2n) is 7.04. The molecule has 1 N–H and O–H groups in total. The first kappa shape index (κ1) is 19.9. The molecule has 0 aliphatic rings. The van der Waals surface area contributed by atoms with Crippen LogP contribution in [0.3, 0.4) is 0 Å². The molecule has 0 bridgehead atoms. The van der Waals surface area contributed by atoms with Crippen LogP contribution in [0.15, 0.2) is 83.7 Å². The summed E-state index contributed by atoms with van der Waals surface area (Å²) in [6.45, 7) is 0.438. The molecule has 30 heavy (non-hydrogen) atoms. The van der Waals surface area contributed by atoms with Gasteiger partial charge in [0.05, 0.1) is 36.9 Å². The van der Waals surface area contributed by atoms with E-state index in [0.717, 1.165) is 5.56 Å². The molecule has 0 fully saturated rings. The molecule has 3 aromatic carbocycles. The summed E-state index contributed by atoms with van der Waals surface area (Å²) in [5, 5.41) is 16.0. The maximum absolute atomic E-state index is 13.4. The summed E-state index contributed by atoms with van der Waals surface area (Å²) in [6.07, 6.45) is -0.902. The van der Waals surface area contributed by atoms with Crippen LogP contribution in [0.4, 0.5) is 4.39 Å². The topological polar surface area (TPSA) is 64.4 Å². The first-order valence-electron chi connectivity index (χ1n) is 9.67. The van der Waals surface area contributed by atoms with E-state index in [1.54, 1.807) is 24.3 Å². The predicted molar refractivity (Wildman–Crippen MR) is 114 cm³/mol. The highest BCUT2D eigenvalue weighted by atomic mass is 19.1. The maximum atomic E-state index is 13.4. The smallest absolute Gasteiger partial charge is 0.274 e. The second kappa shape index (κ2) is 8.98. The van der Waals surface area contributed by atoms with Gasteiger partial charge in [0.2, 0.25) is 0 Å². The first-order valence-corrected chi connectivity index (χ1v) is 9.67. The minimum Gasteiger partial charge on any atom is -0.389 e. The Labute approximate surface area is 173 Å². The fourth-order valence-electron chi connectivity index (χ4n) is 3.32. The van der Waals surface area contributed by atoms with E-state index >= 15 is 0 Å². The lowest BCUT2D eigenvalue weighted by atomic mass is 10.1. The molecule has 0 saturated carbocycles. The van der Waals surface area contributed by atoms with Crippen LogP contribution in [0, 0.1) is 5.82 Å². The van der Waals surface area contributed by atoms with E-state index in [4.69, 9.17) is 4.74 Å².